The molecule has 0 aromatic heterocycles. The molecule has 1 unspecified atom stereocenters. The number of aliphatic carboxylic acids is 1. The van der Waals surface area contributed by atoms with Crippen LogP contribution in [-0.4, -0.2) is 16.5 Å². The average molecular weight is 185 g/mol. The van der Waals surface area contributed by atoms with E-state index < -0.39 is 11.3 Å². The lowest BCUT2D eigenvalue weighted by molar-refractivity contribution is -0.136. The average Bonchev–Trinajstić information content (AvgIpc) is 2.06. The van der Waals surface area contributed by atoms with Gasteiger partial charge in [0.25, 0.3) is 0 Å². The summed E-state index contributed by atoms with van der Waals surface area (Å²) in [7, 11) is 0. The van der Waals surface area contributed by atoms with Gasteiger partial charge in [-0.25, -0.2) is 0 Å². The Labute approximate surface area is 75.8 Å². The third-order valence-corrected chi connectivity index (χ3v) is 1.87. The molecule has 0 saturated heterocycles. The van der Waals surface area contributed by atoms with Gasteiger partial charge in [0.05, 0.1) is 0 Å². The van der Waals surface area contributed by atoms with E-state index in [-0.39, 0.29) is 0 Å². The number of hydrogen-bond acceptors (Lipinski definition) is 1. The first kappa shape index (κ1) is 9.07. The number of benzene rings is 1. The highest BCUT2D eigenvalue weighted by Gasteiger charge is 2.13. The molecule has 3 heteroatoms. The minimum atomic E-state index is -0.972. The molecular weight excluding hydrogens is 176 g/mol. The SMILES string of the molecule is O=C(O)C(Cl)Cc1ccccc1. The Hall–Kier alpha value is -1.02. The molecule has 2 nitrogen and oxygen atoms in total. The number of alkyl halides is 1. The molecule has 1 atom stereocenters. The minimum Gasteiger partial charge on any atom is -0.480 e. The maximum absolute atomic E-state index is 10.4. The molecule has 0 aliphatic rings. The quantitative estimate of drug-likeness (QED) is 0.729. The molecule has 1 N–H and O–H groups in total. The molecule has 1 aromatic carbocycles. The van der Waals surface area contributed by atoms with Gasteiger partial charge >= 0.3 is 5.97 Å². The molecule has 0 spiro atoms. The molecule has 0 radical (unpaired) electrons. The fourth-order valence-electron chi connectivity index (χ4n) is 0.908. The number of halogens is 1. The van der Waals surface area contributed by atoms with Crippen molar-refractivity contribution in [3.63, 3.8) is 0 Å². The summed E-state index contributed by atoms with van der Waals surface area (Å²) >= 11 is 5.55. The van der Waals surface area contributed by atoms with Gasteiger partial charge in [-0.3, -0.25) is 4.79 Å². The van der Waals surface area contributed by atoms with Gasteiger partial charge in [0, 0.05) is 0 Å². The molecule has 1 rings (SSSR count). The second-order valence-electron chi connectivity index (χ2n) is 2.50. The molecule has 0 aliphatic carbocycles. The second-order valence-corrected chi connectivity index (χ2v) is 3.02. The zero-order valence-electron chi connectivity index (χ0n) is 6.40. The van der Waals surface area contributed by atoms with Crippen molar-refractivity contribution in [1.82, 2.24) is 0 Å². The number of carbonyl (C=O) groups is 1. The van der Waals surface area contributed by atoms with Gasteiger partial charge in [-0.05, 0) is 12.0 Å². The molecule has 0 amide bonds. The highest BCUT2D eigenvalue weighted by atomic mass is 35.5. The van der Waals surface area contributed by atoms with E-state index in [1.54, 1.807) is 0 Å². The van der Waals surface area contributed by atoms with Crippen LogP contribution in [0.5, 0.6) is 0 Å². The van der Waals surface area contributed by atoms with Crippen molar-refractivity contribution in [2.75, 3.05) is 0 Å². The van der Waals surface area contributed by atoms with Crippen LogP contribution in [0, 0.1) is 0 Å². The van der Waals surface area contributed by atoms with E-state index in [0.717, 1.165) is 5.56 Å². The van der Waals surface area contributed by atoms with Gasteiger partial charge in [-0.15, -0.1) is 11.6 Å². The first-order chi connectivity index (χ1) is 5.70. The van der Waals surface area contributed by atoms with Crippen molar-refractivity contribution in [3.05, 3.63) is 35.9 Å². The van der Waals surface area contributed by atoms with Crippen LogP contribution in [0.25, 0.3) is 0 Å². The van der Waals surface area contributed by atoms with Crippen LogP contribution >= 0.6 is 11.6 Å². The highest BCUT2D eigenvalue weighted by molar-refractivity contribution is 6.29. The first-order valence-corrected chi connectivity index (χ1v) is 4.04. The molecule has 0 saturated carbocycles. The summed E-state index contributed by atoms with van der Waals surface area (Å²) in [5.74, 6) is -0.972. The Morgan fingerprint density at radius 1 is 1.42 bits per heavy atom. The molecule has 0 aliphatic heterocycles. The Bertz CT molecular complexity index is 258. The van der Waals surface area contributed by atoms with E-state index in [9.17, 15) is 4.79 Å². The largest absolute Gasteiger partial charge is 0.480 e. The maximum Gasteiger partial charge on any atom is 0.321 e. The van der Waals surface area contributed by atoms with Crippen LogP contribution in [0.15, 0.2) is 30.3 Å². The van der Waals surface area contributed by atoms with Gasteiger partial charge in [0.15, 0.2) is 0 Å². The van der Waals surface area contributed by atoms with Crippen molar-refractivity contribution in [2.24, 2.45) is 0 Å². The lowest BCUT2D eigenvalue weighted by Crippen LogP contribution is -2.15. The molecule has 64 valence electrons. The smallest absolute Gasteiger partial charge is 0.321 e. The maximum atomic E-state index is 10.4. The number of hydrogen-bond donors (Lipinski definition) is 1. The lowest BCUT2D eigenvalue weighted by atomic mass is 10.1. The summed E-state index contributed by atoms with van der Waals surface area (Å²) in [5.41, 5.74) is 0.944. The highest BCUT2D eigenvalue weighted by Crippen LogP contribution is 2.07. The third kappa shape index (κ3) is 2.55. The summed E-state index contributed by atoms with van der Waals surface area (Å²) < 4.78 is 0. The summed E-state index contributed by atoms with van der Waals surface area (Å²) in [6.45, 7) is 0. The van der Waals surface area contributed by atoms with E-state index >= 15 is 0 Å². The molecular formula is C9H9ClO2. The predicted molar refractivity (Wildman–Crippen MR) is 47.4 cm³/mol. The molecule has 0 fully saturated rings. The van der Waals surface area contributed by atoms with Crippen LogP contribution < -0.4 is 0 Å². The van der Waals surface area contributed by atoms with Crippen molar-refractivity contribution >= 4 is 17.6 Å². The normalized spacial score (nSPS) is 12.4. The van der Waals surface area contributed by atoms with Crippen LogP contribution in [0.3, 0.4) is 0 Å². The van der Waals surface area contributed by atoms with Crippen LogP contribution in [0.4, 0.5) is 0 Å². The van der Waals surface area contributed by atoms with Crippen molar-refractivity contribution in [3.8, 4) is 0 Å². The van der Waals surface area contributed by atoms with Gasteiger partial charge < -0.3 is 5.11 Å². The predicted octanol–water partition coefficient (Wildman–Crippen LogP) is 1.92. The van der Waals surface area contributed by atoms with Gasteiger partial charge in [-0.2, -0.15) is 0 Å². The Kier molecular flexibility index (Phi) is 3.11. The van der Waals surface area contributed by atoms with Crippen molar-refractivity contribution < 1.29 is 9.90 Å². The van der Waals surface area contributed by atoms with Gasteiger partial charge in [0.2, 0.25) is 0 Å². The van der Waals surface area contributed by atoms with E-state index in [0.29, 0.717) is 6.42 Å². The Morgan fingerprint density at radius 3 is 2.50 bits per heavy atom. The number of carboxylic acids is 1. The molecule has 1 aromatic rings. The second kappa shape index (κ2) is 4.12. The van der Waals surface area contributed by atoms with Gasteiger partial charge in [-0.1, -0.05) is 30.3 Å². The van der Waals surface area contributed by atoms with Gasteiger partial charge in [0.1, 0.15) is 5.38 Å². The first-order valence-electron chi connectivity index (χ1n) is 3.61. The zero-order valence-corrected chi connectivity index (χ0v) is 7.16. The Balaban J connectivity index is 2.58. The Morgan fingerprint density at radius 2 is 2.00 bits per heavy atom. The monoisotopic (exact) mass is 184 g/mol. The van der Waals surface area contributed by atoms with Crippen LogP contribution in [-0.2, 0) is 11.2 Å². The third-order valence-electron chi connectivity index (χ3n) is 1.53. The van der Waals surface area contributed by atoms with Crippen LogP contribution in [0.1, 0.15) is 5.56 Å². The summed E-state index contributed by atoms with van der Waals surface area (Å²) in [4.78, 5) is 10.4. The minimum absolute atomic E-state index is 0.373. The zero-order chi connectivity index (χ0) is 8.97. The van der Waals surface area contributed by atoms with E-state index in [4.69, 9.17) is 16.7 Å². The number of rotatable bonds is 3. The molecule has 0 bridgehead atoms. The standard InChI is InChI=1S/C9H9ClO2/c10-8(9(11)12)6-7-4-2-1-3-5-7/h1-5,8H,6H2,(H,11,12). The van der Waals surface area contributed by atoms with E-state index in [1.165, 1.54) is 0 Å². The van der Waals surface area contributed by atoms with Crippen molar-refractivity contribution in [2.45, 2.75) is 11.8 Å². The van der Waals surface area contributed by atoms with Crippen LogP contribution in [0.2, 0.25) is 0 Å². The fourth-order valence-corrected chi connectivity index (χ4v) is 1.09. The topological polar surface area (TPSA) is 37.3 Å². The summed E-state index contributed by atoms with van der Waals surface area (Å²) in [6.07, 6.45) is 0.373. The molecule has 0 heterocycles. The number of carboxylic acid groups (broad SMARTS) is 1. The fraction of sp³-hybridized carbons (Fsp3) is 0.222. The summed E-state index contributed by atoms with van der Waals surface area (Å²) in [5, 5.41) is 7.68. The summed E-state index contributed by atoms with van der Waals surface area (Å²) in [6, 6.07) is 9.33. The van der Waals surface area contributed by atoms with E-state index in [2.05, 4.69) is 0 Å². The molecule has 12 heavy (non-hydrogen) atoms. The lowest BCUT2D eigenvalue weighted by Gasteiger charge is -2.02. The van der Waals surface area contributed by atoms with Crippen molar-refractivity contribution in [1.29, 1.82) is 0 Å². The van der Waals surface area contributed by atoms with E-state index in [1.807, 2.05) is 30.3 Å².